The third-order valence-electron chi connectivity index (χ3n) is 1.38. The molecule has 1 rings (SSSR count). The van der Waals surface area contributed by atoms with E-state index in [-0.39, 0.29) is 6.10 Å². The topological polar surface area (TPSA) is 9.23 Å². The molecule has 0 fully saturated rings. The number of alkyl halides is 1. The number of hydrogen-bond acceptors (Lipinski definition) is 1. The fourth-order valence-electron chi connectivity index (χ4n) is 0.789. The van der Waals surface area contributed by atoms with Crippen molar-refractivity contribution in [1.82, 2.24) is 0 Å². The largest absolute Gasteiger partial charge is 0.487 e. The van der Waals surface area contributed by atoms with Gasteiger partial charge in [0.25, 0.3) is 0 Å². The van der Waals surface area contributed by atoms with Crippen LogP contribution < -0.4 is 4.74 Å². The highest BCUT2D eigenvalue weighted by Gasteiger charge is 2.04. The number of benzene rings is 1. The quantitative estimate of drug-likeness (QED) is 0.778. The van der Waals surface area contributed by atoms with E-state index in [2.05, 4.69) is 15.9 Å². The van der Waals surface area contributed by atoms with Gasteiger partial charge in [-0.2, -0.15) is 0 Å². The second kappa shape index (κ2) is 4.45. The van der Waals surface area contributed by atoms with Gasteiger partial charge < -0.3 is 4.74 Å². The summed E-state index contributed by atoms with van der Waals surface area (Å²) in [6.07, 6.45) is -0.385. The number of rotatable bonds is 3. The highest BCUT2D eigenvalue weighted by atomic mass is 79.9. The Balaban J connectivity index is 2.69. The minimum Gasteiger partial charge on any atom is -0.487 e. The molecule has 1 unspecified atom stereocenters. The summed E-state index contributed by atoms with van der Waals surface area (Å²) >= 11 is 3.31. The predicted octanol–water partition coefficient (Wildman–Crippen LogP) is 3.19. The Kier molecular flexibility index (Phi) is 3.53. The molecule has 0 bridgehead atoms. The Hall–Kier alpha value is -0.570. The van der Waals surface area contributed by atoms with Gasteiger partial charge in [0.15, 0.2) is 0 Å². The SMILES string of the molecule is CC(CF)Oc1ccccc1Br. The van der Waals surface area contributed by atoms with Crippen LogP contribution in [0.2, 0.25) is 0 Å². The second-order valence-electron chi connectivity index (χ2n) is 2.51. The lowest BCUT2D eigenvalue weighted by Gasteiger charge is -2.11. The fourth-order valence-corrected chi connectivity index (χ4v) is 1.17. The van der Waals surface area contributed by atoms with E-state index in [1.54, 1.807) is 13.0 Å². The molecule has 0 aliphatic heterocycles. The van der Waals surface area contributed by atoms with E-state index in [1.807, 2.05) is 18.2 Å². The van der Waals surface area contributed by atoms with Gasteiger partial charge in [-0.15, -0.1) is 0 Å². The lowest BCUT2D eigenvalue weighted by Crippen LogP contribution is -2.13. The Morgan fingerprint density at radius 2 is 2.17 bits per heavy atom. The summed E-state index contributed by atoms with van der Waals surface area (Å²) in [5.41, 5.74) is 0. The van der Waals surface area contributed by atoms with Crippen molar-refractivity contribution < 1.29 is 9.13 Å². The summed E-state index contributed by atoms with van der Waals surface area (Å²) in [7, 11) is 0. The minimum atomic E-state index is -0.471. The number of para-hydroxylation sites is 1. The van der Waals surface area contributed by atoms with Gasteiger partial charge in [-0.25, -0.2) is 4.39 Å². The van der Waals surface area contributed by atoms with Gasteiger partial charge >= 0.3 is 0 Å². The molecule has 0 amide bonds. The van der Waals surface area contributed by atoms with E-state index in [0.29, 0.717) is 5.75 Å². The van der Waals surface area contributed by atoms with Crippen molar-refractivity contribution in [1.29, 1.82) is 0 Å². The molecular formula is C9H10BrFO. The van der Waals surface area contributed by atoms with Crippen molar-refractivity contribution in [3.05, 3.63) is 28.7 Å². The van der Waals surface area contributed by atoms with Gasteiger partial charge in [-0.3, -0.25) is 0 Å². The predicted molar refractivity (Wildman–Crippen MR) is 50.2 cm³/mol. The molecule has 0 saturated heterocycles. The fraction of sp³-hybridized carbons (Fsp3) is 0.333. The van der Waals surface area contributed by atoms with Crippen LogP contribution in [0.1, 0.15) is 6.92 Å². The molecule has 3 heteroatoms. The lowest BCUT2D eigenvalue weighted by molar-refractivity contribution is 0.181. The Labute approximate surface area is 79.7 Å². The van der Waals surface area contributed by atoms with E-state index in [9.17, 15) is 4.39 Å². The van der Waals surface area contributed by atoms with Crippen molar-refractivity contribution in [2.75, 3.05) is 6.67 Å². The number of halogens is 2. The molecule has 1 atom stereocenters. The molecular weight excluding hydrogens is 223 g/mol. The molecule has 0 N–H and O–H groups in total. The number of ether oxygens (including phenoxy) is 1. The van der Waals surface area contributed by atoms with E-state index in [0.717, 1.165) is 4.47 Å². The third-order valence-corrected chi connectivity index (χ3v) is 2.04. The minimum absolute atomic E-state index is 0.385. The average Bonchev–Trinajstić information content (AvgIpc) is 2.09. The van der Waals surface area contributed by atoms with Crippen LogP contribution in [0.15, 0.2) is 28.7 Å². The van der Waals surface area contributed by atoms with Crippen LogP contribution in [0.3, 0.4) is 0 Å². The Morgan fingerprint density at radius 1 is 1.50 bits per heavy atom. The molecule has 0 radical (unpaired) electrons. The zero-order valence-electron chi connectivity index (χ0n) is 6.76. The molecule has 1 aromatic carbocycles. The standard InChI is InChI=1S/C9H10BrFO/c1-7(6-11)12-9-5-3-2-4-8(9)10/h2-5,7H,6H2,1H3. The summed E-state index contributed by atoms with van der Waals surface area (Å²) < 4.78 is 18.2. The summed E-state index contributed by atoms with van der Waals surface area (Å²) in [6.45, 7) is 1.22. The summed E-state index contributed by atoms with van der Waals surface area (Å²) in [5.74, 6) is 0.683. The second-order valence-corrected chi connectivity index (χ2v) is 3.37. The first-order valence-electron chi connectivity index (χ1n) is 3.71. The van der Waals surface area contributed by atoms with Gasteiger partial charge in [0, 0.05) is 0 Å². The summed E-state index contributed by atoms with van der Waals surface area (Å²) in [4.78, 5) is 0. The van der Waals surface area contributed by atoms with Crippen molar-refractivity contribution in [2.24, 2.45) is 0 Å². The van der Waals surface area contributed by atoms with E-state index >= 15 is 0 Å². The maximum Gasteiger partial charge on any atom is 0.134 e. The van der Waals surface area contributed by atoms with Crippen LogP contribution in [-0.2, 0) is 0 Å². The average molecular weight is 233 g/mol. The van der Waals surface area contributed by atoms with Crippen LogP contribution in [-0.4, -0.2) is 12.8 Å². The van der Waals surface area contributed by atoms with Crippen LogP contribution in [0, 0.1) is 0 Å². The molecule has 0 spiro atoms. The molecule has 0 saturated carbocycles. The van der Waals surface area contributed by atoms with Gasteiger partial charge in [-0.1, -0.05) is 12.1 Å². The van der Waals surface area contributed by atoms with Crippen LogP contribution >= 0.6 is 15.9 Å². The van der Waals surface area contributed by atoms with Crippen LogP contribution in [0.25, 0.3) is 0 Å². The molecule has 0 aromatic heterocycles. The highest BCUT2D eigenvalue weighted by molar-refractivity contribution is 9.10. The van der Waals surface area contributed by atoms with Crippen molar-refractivity contribution >= 4 is 15.9 Å². The molecule has 12 heavy (non-hydrogen) atoms. The number of hydrogen-bond donors (Lipinski definition) is 0. The zero-order valence-corrected chi connectivity index (χ0v) is 8.34. The van der Waals surface area contributed by atoms with E-state index in [1.165, 1.54) is 0 Å². The van der Waals surface area contributed by atoms with E-state index in [4.69, 9.17) is 4.74 Å². The molecule has 66 valence electrons. The normalized spacial score (nSPS) is 12.6. The molecule has 0 aliphatic carbocycles. The third kappa shape index (κ3) is 2.48. The monoisotopic (exact) mass is 232 g/mol. The zero-order chi connectivity index (χ0) is 8.97. The first kappa shape index (κ1) is 9.52. The Bertz CT molecular complexity index is 252. The van der Waals surface area contributed by atoms with E-state index < -0.39 is 6.67 Å². The van der Waals surface area contributed by atoms with Crippen LogP contribution in [0.5, 0.6) is 5.75 Å². The highest BCUT2D eigenvalue weighted by Crippen LogP contribution is 2.24. The van der Waals surface area contributed by atoms with Gasteiger partial charge in [0.05, 0.1) is 4.47 Å². The van der Waals surface area contributed by atoms with Crippen molar-refractivity contribution in [2.45, 2.75) is 13.0 Å². The summed E-state index contributed by atoms with van der Waals surface area (Å²) in [6, 6.07) is 7.40. The smallest absolute Gasteiger partial charge is 0.134 e. The lowest BCUT2D eigenvalue weighted by atomic mass is 10.3. The maximum atomic E-state index is 12.1. The first-order chi connectivity index (χ1) is 5.74. The summed E-state index contributed by atoms with van der Waals surface area (Å²) in [5, 5.41) is 0. The van der Waals surface area contributed by atoms with Gasteiger partial charge in [0.2, 0.25) is 0 Å². The van der Waals surface area contributed by atoms with Crippen molar-refractivity contribution in [3.8, 4) is 5.75 Å². The first-order valence-corrected chi connectivity index (χ1v) is 4.50. The molecule has 1 nitrogen and oxygen atoms in total. The van der Waals surface area contributed by atoms with Gasteiger partial charge in [0.1, 0.15) is 18.5 Å². The molecule has 0 aliphatic rings. The van der Waals surface area contributed by atoms with Crippen molar-refractivity contribution in [3.63, 3.8) is 0 Å². The Morgan fingerprint density at radius 3 is 2.75 bits per heavy atom. The molecule has 1 aromatic rings. The maximum absolute atomic E-state index is 12.1. The van der Waals surface area contributed by atoms with Crippen LogP contribution in [0.4, 0.5) is 4.39 Å². The van der Waals surface area contributed by atoms with Gasteiger partial charge in [-0.05, 0) is 35.0 Å². The molecule has 0 heterocycles.